The molecule has 0 heterocycles. The van der Waals surface area contributed by atoms with E-state index in [1.165, 1.54) is 0 Å². The third-order valence-electron chi connectivity index (χ3n) is 2.05. The Labute approximate surface area is 109 Å². The van der Waals surface area contributed by atoms with Gasteiger partial charge in [0, 0.05) is 16.7 Å². The monoisotopic (exact) mass is 304 g/mol. The summed E-state index contributed by atoms with van der Waals surface area (Å²) in [5.41, 5.74) is 1.68. The van der Waals surface area contributed by atoms with Crippen LogP contribution in [0, 0.1) is 6.92 Å². The molecule has 0 spiro atoms. The van der Waals surface area contributed by atoms with Crippen LogP contribution in [-0.2, 0) is 0 Å². The summed E-state index contributed by atoms with van der Waals surface area (Å²) in [4.78, 5) is 11.4. The van der Waals surface area contributed by atoms with Gasteiger partial charge in [-0.25, -0.2) is 4.79 Å². The molecule has 0 saturated carbocycles. The maximum atomic E-state index is 11.4. The second kappa shape index (κ2) is 6.11. The highest BCUT2D eigenvalue weighted by atomic mass is 79.9. The fourth-order valence-electron chi connectivity index (χ4n) is 1.19. The first kappa shape index (κ1) is 13.3. The van der Waals surface area contributed by atoms with Crippen LogP contribution >= 0.6 is 27.5 Å². The first-order valence-electron chi connectivity index (χ1n) is 5.05. The fourth-order valence-corrected chi connectivity index (χ4v) is 1.81. The van der Waals surface area contributed by atoms with E-state index in [0.29, 0.717) is 11.6 Å². The number of hydrogen-bond acceptors (Lipinski definition) is 1. The zero-order chi connectivity index (χ0) is 12.1. The van der Waals surface area contributed by atoms with E-state index in [1.54, 1.807) is 6.07 Å². The van der Waals surface area contributed by atoms with Crippen LogP contribution < -0.4 is 10.6 Å². The minimum Gasteiger partial charge on any atom is -0.338 e. The van der Waals surface area contributed by atoms with Crippen LogP contribution in [0.4, 0.5) is 10.5 Å². The second-order valence-electron chi connectivity index (χ2n) is 3.46. The zero-order valence-electron chi connectivity index (χ0n) is 9.23. The Morgan fingerprint density at radius 3 is 2.81 bits per heavy atom. The van der Waals surface area contributed by atoms with E-state index in [1.807, 2.05) is 19.9 Å². The van der Waals surface area contributed by atoms with Crippen molar-refractivity contribution in [1.29, 1.82) is 0 Å². The van der Waals surface area contributed by atoms with Crippen molar-refractivity contribution < 1.29 is 4.79 Å². The van der Waals surface area contributed by atoms with Gasteiger partial charge in [0.15, 0.2) is 0 Å². The first-order valence-corrected chi connectivity index (χ1v) is 6.22. The third-order valence-corrected chi connectivity index (χ3v) is 3.25. The standard InChI is InChI=1S/C11H14BrClN2O/c1-3-4-14-11(16)15-10-6-9(13)8(12)5-7(10)2/h5-6H,3-4H2,1-2H3,(H2,14,15,16). The lowest BCUT2D eigenvalue weighted by Gasteiger charge is -2.10. The molecule has 0 atom stereocenters. The van der Waals surface area contributed by atoms with E-state index in [9.17, 15) is 4.79 Å². The van der Waals surface area contributed by atoms with Gasteiger partial charge in [0.25, 0.3) is 0 Å². The molecule has 1 rings (SSSR count). The van der Waals surface area contributed by atoms with Crippen LogP contribution in [0.3, 0.4) is 0 Å². The molecule has 0 aliphatic heterocycles. The lowest BCUT2D eigenvalue weighted by molar-refractivity contribution is 0.252. The lowest BCUT2D eigenvalue weighted by atomic mass is 10.2. The molecule has 0 saturated heterocycles. The normalized spacial score (nSPS) is 10.0. The summed E-state index contributed by atoms with van der Waals surface area (Å²) in [7, 11) is 0. The number of aryl methyl sites for hydroxylation is 1. The predicted octanol–water partition coefficient (Wildman–Crippen LogP) is 3.94. The Kier molecular flexibility index (Phi) is 5.09. The van der Waals surface area contributed by atoms with Gasteiger partial charge in [0.2, 0.25) is 0 Å². The average molecular weight is 306 g/mol. The molecule has 0 fully saturated rings. The van der Waals surface area contributed by atoms with Gasteiger partial charge in [-0.3, -0.25) is 0 Å². The quantitative estimate of drug-likeness (QED) is 0.872. The van der Waals surface area contributed by atoms with Crippen molar-refractivity contribution >= 4 is 39.2 Å². The number of halogens is 2. The Morgan fingerprint density at radius 2 is 2.19 bits per heavy atom. The third kappa shape index (κ3) is 3.68. The molecule has 16 heavy (non-hydrogen) atoms. The number of amides is 2. The maximum Gasteiger partial charge on any atom is 0.319 e. The van der Waals surface area contributed by atoms with E-state index in [4.69, 9.17) is 11.6 Å². The molecule has 88 valence electrons. The average Bonchev–Trinajstić information content (AvgIpc) is 2.23. The van der Waals surface area contributed by atoms with E-state index in [2.05, 4.69) is 26.6 Å². The molecule has 1 aromatic rings. The van der Waals surface area contributed by atoms with Gasteiger partial charge in [-0.15, -0.1) is 0 Å². The SMILES string of the molecule is CCCNC(=O)Nc1cc(Cl)c(Br)cc1C. The molecule has 2 N–H and O–H groups in total. The smallest absolute Gasteiger partial charge is 0.319 e. The number of urea groups is 1. The van der Waals surface area contributed by atoms with Crippen LogP contribution in [0.1, 0.15) is 18.9 Å². The topological polar surface area (TPSA) is 41.1 Å². The Bertz CT molecular complexity index is 396. The summed E-state index contributed by atoms with van der Waals surface area (Å²) >= 11 is 9.28. The molecule has 3 nitrogen and oxygen atoms in total. The Balaban J connectivity index is 2.73. The van der Waals surface area contributed by atoms with Crippen molar-refractivity contribution in [1.82, 2.24) is 5.32 Å². The van der Waals surface area contributed by atoms with Crippen LogP contribution in [0.5, 0.6) is 0 Å². The van der Waals surface area contributed by atoms with Crippen molar-refractivity contribution in [3.8, 4) is 0 Å². The number of nitrogens with one attached hydrogen (secondary N) is 2. The van der Waals surface area contributed by atoms with Crippen molar-refractivity contribution in [2.24, 2.45) is 0 Å². The molecule has 2 amide bonds. The highest BCUT2D eigenvalue weighted by Gasteiger charge is 2.06. The Morgan fingerprint density at radius 1 is 1.50 bits per heavy atom. The molecule has 5 heteroatoms. The fraction of sp³-hybridized carbons (Fsp3) is 0.364. The summed E-state index contributed by atoms with van der Waals surface area (Å²) in [6, 6.07) is 3.40. The van der Waals surface area contributed by atoms with Crippen molar-refractivity contribution in [2.45, 2.75) is 20.3 Å². The molecule has 0 aromatic heterocycles. The number of rotatable bonds is 3. The van der Waals surface area contributed by atoms with Gasteiger partial charge < -0.3 is 10.6 Å². The predicted molar refractivity (Wildman–Crippen MR) is 71.2 cm³/mol. The number of benzene rings is 1. The number of anilines is 1. The molecule has 0 aliphatic rings. The Hall–Kier alpha value is -0.740. The molecule has 0 radical (unpaired) electrons. The number of hydrogen-bond donors (Lipinski definition) is 2. The lowest BCUT2D eigenvalue weighted by Crippen LogP contribution is -2.29. The van der Waals surface area contributed by atoms with Crippen LogP contribution in [-0.4, -0.2) is 12.6 Å². The van der Waals surface area contributed by atoms with E-state index in [-0.39, 0.29) is 6.03 Å². The number of carbonyl (C=O) groups is 1. The summed E-state index contributed by atoms with van der Waals surface area (Å²) in [6.07, 6.45) is 0.910. The van der Waals surface area contributed by atoms with Crippen molar-refractivity contribution in [3.05, 3.63) is 27.2 Å². The van der Waals surface area contributed by atoms with Gasteiger partial charge in [-0.1, -0.05) is 18.5 Å². The molecular formula is C11H14BrClN2O. The van der Waals surface area contributed by atoms with Crippen molar-refractivity contribution in [3.63, 3.8) is 0 Å². The highest BCUT2D eigenvalue weighted by Crippen LogP contribution is 2.28. The summed E-state index contributed by atoms with van der Waals surface area (Å²) < 4.78 is 0.825. The second-order valence-corrected chi connectivity index (χ2v) is 4.72. The minimum absolute atomic E-state index is 0.205. The summed E-state index contributed by atoms with van der Waals surface area (Å²) in [6.45, 7) is 4.58. The van der Waals surface area contributed by atoms with E-state index in [0.717, 1.165) is 22.1 Å². The molecule has 0 unspecified atom stereocenters. The van der Waals surface area contributed by atoms with E-state index < -0.39 is 0 Å². The van der Waals surface area contributed by atoms with Crippen LogP contribution in [0.25, 0.3) is 0 Å². The molecule has 0 bridgehead atoms. The van der Waals surface area contributed by atoms with Gasteiger partial charge in [0.05, 0.1) is 5.02 Å². The maximum absolute atomic E-state index is 11.4. The van der Waals surface area contributed by atoms with E-state index >= 15 is 0 Å². The molecule has 0 aliphatic carbocycles. The van der Waals surface area contributed by atoms with Crippen LogP contribution in [0.15, 0.2) is 16.6 Å². The summed E-state index contributed by atoms with van der Waals surface area (Å²) in [5, 5.41) is 6.07. The highest BCUT2D eigenvalue weighted by molar-refractivity contribution is 9.10. The van der Waals surface area contributed by atoms with Gasteiger partial charge in [0.1, 0.15) is 0 Å². The zero-order valence-corrected chi connectivity index (χ0v) is 11.6. The summed E-state index contributed by atoms with van der Waals surface area (Å²) in [5.74, 6) is 0. The first-order chi connectivity index (χ1) is 7.54. The molecule has 1 aromatic carbocycles. The van der Waals surface area contributed by atoms with Gasteiger partial charge in [-0.2, -0.15) is 0 Å². The minimum atomic E-state index is -0.205. The molecular weight excluding hydrogens is 291 g/mol. The van der Waals surface area contributed by atoms with Crippen LogP contribution in [0.2, 0.25) is 5.02 Å². The van der Waals surface area contributed by atoms with Gasteiger partial charge >= 0.3 is 6.03 Å². The van der Waals surface area contributed by atoms with Crippen molar-refractivity contribution in [2.75, 3.05) is 11.9 Å². The largest absolute Gasteiger partial charge is 0.338 e. The number of carbonyl (C=O) groups excluding carboxylic acids is 1. The van der Waals surface area contributed by atoms with Gasteiger partial charge in [-0.05, 0) is 47.0 Å².